The van der Waals surface area contributed by atoms with Crippen LogP contribution < -0.4 is 9.64 Å². The van der Waals surface area contributed by atoms with Crippen molar-refractivity contribution in [2.75, 3.05) is 25.6 Å². The molecule has 0 unspecified atom stereocenters. The summed E-state index contributed by atoms with van der Waals surface area (Å²) in [6, 6.07) is 13.1. The maximum absolute atomic E-state index is 13.8. The topological polar surface area (TPSA) is 106 Å². The molecule has 2 amide bonds. The number of aromatic nitrogens is 4. The molecule has 1 N–H and O–H groups in total. The molecule has 5 rings (SSSR count). The van der Waals surface area contributed by atoms with Crippen LogP contribution in [-0.2, 0) is 19.1 Å². The molecule has 0 saturated carbocycles. The predicted octanol–water partition coefficient (Wildman–Crippen LogP) is 4.40. The van der Waals surface area contributed by atoms with E-state index in [0.29, 0.717) is 28.6 Å². The van der Waals surface area contributed by atoms with Gasteiger partial charge in [0.25, 0.3) is 5.91 Å². The second-order valence-corrected chi connectivity index (χ2v) is 8.86. The molecule has 3 heterocycles. The minimum atomic E-state index is -4.72. The van der Waals surface area contributed by atoms with Gasteiger partial charge < -0.3 is 24.2 Å². The zero-order valence-corrected chi connectivity index (χ0v) is 20.9. The quantitative estimate of drug-likeness (QED) is 0.389. The normalized spacial score (nSPS) is 13.4. The van der Waals surface area contributed by atoms with Gasteiger partial charge in [-0.25, -0.2) is 14.5 Å². The number of carbonyl (C=O) groups excluding carboxylic acids is 1. The molecule has 1 aliphatic heterocycles. The fourth-order valence-electron chi connectivity index (χ4n) is 4.50. The smallest absolute Gasteiger partial charge is 0.435 e. The number of imidazole rings is 1. The van der Waals surface area contributed by atoms with Gasteiger partial charge in [-0.05, 0) is 55.0 Å². The zero-order chi connectivity index (χ0) is 27.9. The minimum absolute atomic E-state index is 0.0268. The number of benzene rings is 2. The van der Waals surface area contributed by atoms with Crippen LogP contribution in [0.4, 0.5) is 23.7 Å². The van der Waals surface area contributed by atoms with Crippen LogP contribution in [0.25, 0.3) is 11.4 Å². The second-order valence-electron chi connectivity index (χ2n) is 8.86. The van der Waals surface area contributed by atoms with Crippen molar-refractivity contribution in [3.05, 3.63) is 83.7 Å². The van der Waals surface area contributed by atoms with E-state index >= 15 is 0 Å². The molecule has 10 nitrogen and oxygen atoms in total. The molecular formula is C26H23F3N6O4. The number of ether oxygens (including phenoxy) is 1. The van der Waals surface area contributed by atoms with Crippen LogP contribution in [0.5, 0.6) is 5.75 Å². The number of nitrogens with zero attached hydrogens (tertiary/aromatic N) is 6. The molecule has 0 saturated heterocycles. The Labute approximate surface area is 220 Å². The summed E-state index contributed by atoms with van der Waals surface area (Å²) in [5, 5.41) is 13.0. The van der Waals surface area contributed by atoms with Gasteiger partial charge >= 0.3 is 12.3 Å². The Kier molecular flexibility index (Phi) is 6.50. The first-order chi connectivity index (χ1) is 18.6. The molecule has 2 aromatic carbocycles. The highest BCUT2D eigenvalue weighted by Gasteiger charge is 2.43. The van der Waals surface area contributed by atoms with Gasteiger partial charge in [0.1, 0.15) is 17.3 Å². The van der Waals surface area contributed by atoms with Gasteiger partial charge in [0.2, 0.25) is 0 Å². The van der Waals surface area contributed by atoms with Crippen molar-refractivity contribution in [2.45, 2.75) is 19.1 Å². The van der Waals surface area contributed by atoms with Crippen molar-refractivity contribution in [3.8, 4) is 17.1 Å². The highest BCUT2D eigenvalue weighted by Crippen LogP contribution is 2.37. The van der Waals surface area contributed by atoms with E-state index in [1.165, 1.54) is 31.2 Å². The van der Waals surface area contributed by atoms with Crippen molar-refractivity contribution >= 4 is 17.7 Å². The molecule has 0 fully saturated rings. The van der Waals surface area contributed by atoms with Crippen LogP contribution in [0.1, 0.15) is 27.6 Å². The molecular weight excluding hydrogens is 517 g/mol. The maximum atomic E-state index is 13.8. The van der Waals surface area contributed by atoms with Crippen molar-refractivity contribution in [1.82, 2.24) is 24.2 Å². The molecule has 0 spiro atoms. The maximum Gasteiger partial charge on any atom is 0.435 e. The van der Waals surface area contributed by atoms with Crippen molar-refractivity contribution in [3.63, 3.8) is 0 Å². The molecule has 1 aliphatic rings. The average Bonchev–Trinajstić information content (AvgIpc) is 3.54. The van der Waals surface area contributed by atoms with Crippen molar-refractivity contribution in [2.24, 2.45) is 0 Å². The fraction of sp³-hybridized carbons (Fsp3) is 0.231. The van der Waals surface area contributed by atoms with Gasteiger partial charge in [-0.1, -0.05) is 0 Å². The number of methoxy groups -OCH3 is 1. The molecule has 2 aromatic heterocycles. The van der Waals surface area contributed by atoms with Gasteiger partial charge in [0.05, 0.1) is 19.3 Å². The van der Waals surface area contributed by atoms with Crippen molar-refractivity contribution < 1.29 is 32.6 Å². The number of anilines is 1. The summed E-state index contributed by atoms with van der Waals surface area (Å²) in [7, 11) is 2.91. The Bertz CT molecular complexity index is 1530. The van der Waals surface area contributed by atoms with E-state index < -0.39 is 23.9 Å². The summed E-state index contributed by atoms with van der Waals surface area (Å²) in [5.74, 6) is 0.406. The molecule has 0 bridgehead atoms. The lowest BCUT2D eigenvalue weighted by molar-refractivity contribution is -0.141. The molecule has 0 aliphatic carbocycles. The zero-order valence-electron chi connectivity index (χ0n) is 20.9. The number of hydrogen-bond acceptors (Lipinski definition) is 5. The number of hydrogen-bond donors (Lipinski definition) is 1. The first-order valence-corrected chi connectivity index (χ1v) is 11.8. The third-order valence-corrected chi connectivity index (χ3v) is 6.46. The van der Waals surface area contributed by atoms with E-state index in [1.807, 2.05) is 0 Å². The van der Waals surface area contributed by atoms with E-state index in [-0.39, 0.29) is 30.8 Å². The second kappa shape index (κ2) is 9.82. The van der Waals surface area contributed by atoms with Gasteiger partial charge in [-0.2, -0.15) is 18.3 Å². The highest BCUT2D eigenvalue weighted by molar-refractivity contribution is 6.07. The lowest BCUT2D eigenvalue weighted by Crippen LogP contribution is -2.39. The number of fused-ring (bicyclic) bond motifs is 1. The number of halogens is 3. The van der Waals surface area contributed by atoms with E-state index in [1.54, 1.807) is 53.4 Å². The molecule has 39 heavy (non-hydrogen) atoms. The predicted molar refractivity (Wildman–Crippen MR) is 134 cm³/mol. The van der Waals surface area contributed by atoms with Gasteiger partial charge in [0, 0.05) is 42.9 Å². The summed E-state index contributed by atoms with van der Waals surface area (Å²) in [5.41, 5.74) is 0.119. The summed E-state index contributed by atoms with van der Waals surface area (Å²) in [6.07, 6.45) is -2.60. The molecule has 13 heteroatoms. The van der Waals surface area contributed by atoms with E-state index in [2.05, 4.69) is 10.1 Å². The average molecular weight is 541 g/mol. The highest BCUT2D eigenvalue weighted by atomic mass is 19.4. The van der Waals surface area contributed by atoms with Crippen molar-refractivity contribution in [1.29, 1.82) is 0 Å². The standard InChI is InChI=1S/C26H23F3N6O4/c1-32(25(37)38)15-21-30-12-14-33(21)16-3-5-17(6-4-16)34-13-11-20-22(24(34)36)35(31-23(20)26(27,28)29)18-7-9-19(39-2)10-8-18/h3-10,12,14H,11,13,15H2,1-2H3,(H,37,38). The number of rotatable bonds is 6. The van der Waals surface area contributed by atoms with Crippen LogP contribution in [0, 0.1) is 0 Å². The summed E-state index contributed by atoms with van der Waals surface area (Å²) >= 11 is 0. The molecule has 0 atom stereocenters. The van der Waals surface area contributed by atoms with Crippen LogP contribution >= 0.6 is 0 Å². The lowest BCUT2D eigenvalue weighted by atomic mass is 10.0. The number of alkyl halides is 3. The Morgan fingerprint density at radius 3 is 2.33 bits per heavy atom. The molecule has 0 radical (unpaired) electrons. The van der Waals surface area contributed by atoms with Crippen LogP contribution in [-0.4, -0.2) is 62.0 Å². The Balaban J connectivity index is 1.48. The molecule has 4 aromatic rings. The Morgan fingerprint density at radius 1 is 1.08 bits per heavy atom. The first-order valence-electron chi connectivity index (χ1n) is 11.8. The lowest BCUT2D eigenvalue weighted by Gasteiger charge is -2.28. The fourth-order valence-corrected chi connectivity index (χ4v) is 4.50. The largest absolute Gasteiger partial charge is 0.497 e. The number of carboxylic acid groups (broad SMARTS) is 1. The van der Waals surface area contributed by atoms with E-state index in [4.69, 9.17) is 9.84 Å². The third-order valence-electron chi connectivity index (χ3n) is 6.46. The summed E-state index contributed by atoms with van der Waals surface area (Å²) < 4.78 is 49.4. The number of carbonyl (C=O) groups is 2. The monoisotopic (exact) mass is 540 g/mol. The van der Waals surface area contributed by atoms with Crippen LogP contribution in [0.2, 0.25) is 0 Å². The Morgan fingerprint density at radius 2 is 1.72 bits per heavy atom. The van der Waals surface area contributed by atoms with Gasteiger partial charge in [-0.3, -0.25) is 4.79 Å². The first kappa shape index (κ1) is 25.8. The Hall–Kier alpha value is -4.81. The van der Waals surface area contributed by atoms with Gasteiger partial charge in [-0.15, -0.1) is 0 Å². The van der Waals surface area contributed by atoms with E-state index in [0.717, 1.165) is 9.58 Å². The van der Waals surface area contributed by atoms with E-state index in [9.17, 15) is 22.8 Å². The van der Waals surface area contributed by atoms with Crippen LogP contribution in [0.3, 0.4) is 0 Å². The summed E-state index contributed by atoms with van der Waals surface area (Å²) in [4.78, 5) is 31.5. The SMILES string of the molecule is COc1ccc(-n2nc(C(F)(F)F)c3c2C(=O)N(c2ccc(-n4ccnc4CN(C)C(=O)O)cc2)CC3)cc1. The molecule has 202 valence electrons. The third kappa shape index (κ3) is 4.78. The number of amides is 2. The summed E-state index contributed by atoms with van der Waals surface area (Å²) in [6.45, 7) is 0.108. The van der Waals surface area contributed by atoms with Gasteiger partial charge in [0.15, 0.2) is 5.69 Å². The van der Waals surface area contributed by atoms with Crippen LogP contribution in [0.15, 0.2) is 60.9 Å². The minimum Gasteiger partial charge on any atom is -0.497 e.